The van der Waals surface area contributed by atoms with Crippen molar-refractivity contribution in [1.29, 1.82) is 0 Å². The monoisotopic (exact) mass is 294 g/mol. The molecule has 0 amide bonds. The summed E-state index contributed by atoms with van der Waals surface area (Å²) in [5, 5.41) is 13.4. The Balaban J connectivity index is 2.09. The Bertz CT molecular complexity index is 505. The number of rotatable bonds is 5. The molecule has 20 heavy (non-hydrogen) atoms. The number of hydrogen-bond donors (Lipinski definition) is 3. The minimum absolute atomic E-state index is 0.185. The van der Waals surface area contributed by atoms with Crippen LogP contribution in [0.15, 0.2) is 12.1 Å². The molecule has 0 radical (unpaired) electrons. The number of aromatic carboxylic acids is 1. The lowest BCUT2D eigenvalue weighted by atomic mass is 10.1. The smallest absolute Gasteiger partial charge is 0.337 e. The zero-order valence-corrected chi connectivity index (χ0v) is 12.8. The maximum atomic E-state index is 11.2. The van der Waals surface area contributed by atoms with E-state index in [1.165, 1.54) is 6.42 Å². The van der Waals surface area contributed by atoms with E-state index < -0.39 is 5.97 Å². The molecule has 2 unspecified atom stereocenters. The normalized spacial score (nSPS) is 21.9. The van der Waals surface area contributed by atoms with Crippen LogP contribution in [0.4, 0.5) is 11.4 Å². The predicted octanol–water partition coefficient (Wildman–Crippen LogP) is 3.36. The summed E-state index contributed by atoms with van der Waals surface area (Å²) < 4.78 is 0. The van der Waals surface area contributed by atoms with Crippen molar-refractivity contribution in [2.75, 3.05) is 16.8 Å². The number of benzene rings is 1. The number of anilines is 2. The van der Waals surface area contributed by atoms with Crippen LogP contribution >= 0.6 is 11.8 Å². The third kappa shape index (κ3) is 3.39. The van der Waals surface area contributed by atoms with Crippen LogP contribution in [0, 0.1) is 6.92 Å². The van der Waals surface area contributed by atoms with Gasteiger partial charge < -0.3 is 16.2 Å². The Labute approximate surface area is 124 Å². The highest BCUT2D eigenvalue weighted by molar-refractivity contribution is 7.99. The summed E-state index contributed by atoms with van der Waals surface area (Å²) in [5.41, 5.74) is 8.02. The van der Waals surface area contributed by atoms with Crippen molar-refractivity contribution in [1.82, 2.24) is 0 Å². The number of nitrogens with one attached hydrogen (secondary N) is 1. The number of nitrogens with two attached hydrogens (primary N) is 1. The van der Waals surface area contributed by atoms with Gasteiger partial charge in [0.2, 0.25) is 0 Å². The van der Waals surface area contributed by atoms with Gasteiger partial charge in [-0.3, -0.25) is 0 Å². The minimum atomic E-state index is -0.972. The summed E-state index contributed by atoms with van der Waals surface area (Å²) >= 11 is 2.01. The van der Waals surface area contributed by atoms with Crippen molar-refractivity contribution in [3.05, 3.63) is 23.3 Å². The average Bonchev–Trinajstić information content (AvgIpc) is 2.81. The van der Waals surface area contributed by atoms with Gasteiger partial charge in [-0.15, -0.1) is 0 Å². The van der Waals surface area contributed by atoms with E-state index in [-0.39, 0.29) is 5.56 Å². The number of carboxylic acid groups (broad SMARTS) is 1. The number of thioether (sulfide) groups is 1. The van der Waals surface area contributed by atoms with E-state index in [2.05, 4.69) is 12.2 Å². The highest BCUT2D eigenvalue weighted by Gasteiger charge is 2.24. The van der Waals surface area contributed by atoms with Crippen LogP contribution in [0.5, 0.6) is 0 Å². The summed E-state index contributed by atoms with van der Waals surface area (Å²) in [6, 6.07) is 4.01. The molecule has 1 aliphatic rings. The van der Waals surface area contributed by atoms with Crippen molar-refractivity contribution in [3.8, 4) is 0 Å². The lowest BCUT2D eigenvalue weighted by molar-refractivity contribution is 0.0698. The second kappa shape index (κ2) is 6.39. The highest BCUT2D eigenvalue weighted by atomic mass is 32.2. The van der Waals surface area contributed by atoms with Crippen molar-refractivity contribution >= 4 is 29.1 Å². The molecule has 0 aromatic heterocycles. The molecule has 1 aliphatic carbocycles. The molecule has 0 spiro atoms. The van der Waals surface area contributed by atoms with Gasteiger partial charge in [0.1, 0.15) is 0 Å². The molecule has 1 aromatic rings. The standard InChI is InChI=1S/C15H22N2O2S/c1-3-20-12-5-4-10(7-12)17-11-6-9(2)14(16)13(8-11)15(18)19/h6,8,10,12,17H,3-5,7,16H2,1-2H3,(H,18,19). The molecule has 2 rings (SSSR count). The van der Waals surface area contributed by atoms with Gasteiger partial charge in [-0.05, 0) is 49.6 Å². The first kappa shape index (κ1) is 15.0. The Kier molecular flexibility index (Phi) is 4.81. The fourth-order valence-corrected chi connectivity index (χ4v) is 3.90. The van der Waals surface area contributed by atoms with Gasteiger partial charge >= 0.3 is 5.97 Å². The zero-order chi connectivity index (χ0) is 14.7. The summed E-state index contributed by atoms with van der Waals surface area (Å²) in [6.45, 7) is 4.03. The molecule has 0 heterocycles. The predicted molar refractivity (Wildman–Crippen MR) is 85.7 cm³/mol. The summed E-state index contributed by atoms with van der Waals surface area (Å²) in [7, 11) is 0. The van der Waals surface area contributed by atoms with Gasteiger partial charge in [-0.1, -0.05) is 6.92 Å². The molecule has 0 saturated heterocycles. The van der Waals surface area contributed by atoms with E-state index in [4.69, 9.17) is 5.73 Å². The summed E-state index contributed by atoms with van der Waals surface area (Å²) in [6.07, 6.45) is 3.52. The van der Waals surface area contributed by atoms with E-state index in [1.807, 2.05) is 24.8 Å². The van der Waals surface area contributed by atoms with E-state index in [9.17, 15) is 9.90 Å². The molecular weight excluding hydrogens is 272 g/mol. The SMILES string of the molecule is CCSC1CCC(Nc2cc(C)c(N)c(C(=O)O)c2)C1. The first-order chi connectivity index (χ1) is 9.51. The molecule has 0 aliphatic heterocycles. The Morgan fingerprint density at radius 3 is 2.90 bits per heavy atom. The highest BCUT2D eigenvalue weighted by Crippen LogP contribution is 2.32. The quantitative estimate of drug-likeness (QED) is 0.726. The van der Waals surface area contributed by atoms with E-state index in [0.717, 1.165) is 35.1 Å². The fourth-order valence-electron chi connectivity index (χ4n) is 2.75. The maximum absolute atomic E-state index is 11.2. The third-order valence-corrected chi connectivity index (χ3v) is 5.01. The van der Waals surface area contributed by atoms with Crippen LogP contribution in [0.3, 0.4) is 0 Å². The van der Waals surface area contributed by atoms with Crippen LogP contribution in [0.25, 0.3) is 0 Å². The van der Waals surface area contributed by atoms with Crippen LogP contribution in [-0.2, 0) is 0 Å². The van der Waals surface area contributed by atoms with Crippen LogP contribution in [0.1, 0.15) is 42.1 Å². The molecule has 1 fully saturated rings. The van der Waals surface area contributed by atoms with Crippen molar-refractivity contribution in [3.63, 3.8) is 0 Å². The molecule has 2 atom stereocenters. The number of carbonyl (C=O) groups is 1. The van der Waals surface area contributed by atoms with Gasteiger partial charge in [0, 0.05) is 22.7 Å². The maximum Gasteiger partial charge on any atom is 0.337 e. The second-order valence-corrected chi connectivity index (χ2v) is 6.87. The first-order valence-electron chi connectivity index (χ1n) is 7.02. The number of aryl methyl sites for hydroxylation is 1. The number of nitrogen functional groups attached to an aromatic ring is 1. The van der Waals surface area contributed by atoms with Crippen molar-refractivity contribution in [2.24, 2.45) is 0 Å². The minimum Gasteiger partial charge on any atom is -0.478 e. The molecule has 1 aromatic carbocycles. The lowest BCUT2D eigenvalue weighted by Gasteiger charge is -2.16. The van der Waals surface area contributed by atoms with Gasteiger partial charge in [0.05, 0.1) is 5.56 Å². The van der Waals surface area contributed by atoms with Gasteiger partial charge in [0.15, 0.2) is 0 Å². The fraction of sp³-hybridized carbons (Fsp3) is 0.533. The third-order valence-electron chi connectivity index (χ3n) is 3.77. The number of hydrogen-bond acceptors (Lipinski definition) is 4. The molecule has 1 saturated carbocycles. The van der Waals surface area contributed by atoms with E-state index in [1.54, 1.807) is 6.07 Å². The molecule has 110 valence electrons. The molecule has 4 nitrogen and oxygen atoms in total. The second-order valence-electron chi connectivity index (χ2n) is 5.29. The summed E-state index contributed by atoms with van der Waals surface area (Å²) in [5.74, 6) is 0.182. The van der Waals surface area contributed by atoms with E-state index >= 15 is 0 Å². The molecular formula is C15H22N2O2S. The first-order valence-corrected chi connectivity index (χ1v) is 8.07. The van der Waals surface area contributed by atoms with Gasteiger partial charge in [-0.2, -0.15) is 11.8 Å². The zero-order valence-electron chi connectivity index (χ0n) is 12.0. The molecule has 5 heteroatoms. The van der Waals surface area contributed by atoms with Crippen LogP contribution in [-0.4, -0.2) is 28.1 Å². The Morgan fingerprint density at radius 2 is 2.25 bits per heavy atom. The van der Waals surface area contributed by atoms with Crippen LogP contribution in [0.2, 0.25) is 0 Å². The van der Waals surface area contributed by atoms with Gasteiger partial charge in [-0.25, -0.2) is 4.79 Å². The van der Waals surface area contributed by atoms with E-state index in [0.29, 0.717) is 11.7 Å². The number of carboxylic acids is 1. The van der Waals surface area contributed by atoms with Crippen molar-refractivity contribution in [2.45, 2.75) is 44.4 Å². The molecule has 4 N–H and O–H groups in total. The van der Waals surface area contributed by atoms with Gasteiger partial charge in [0.25, 0.3) is 0 Å². The summed E-state index contributed by atoms with van der Waals surface area (Å²) in [4.78, 5) is 11.2. The Morgan fingerprint density at radius 1 is 1.50 bits per heavy atom. The van der Waals surface area contributed by atoms with Crippen molar-refractivity contribution < 1.29 is 9.90 Å². The van der Waals surface area contributed by atoms with Crippen LogP contribution < -0.4 is 11.1 Å². The lowest BCUT2D eigenvalue weighted by Crippen LogP contribution is -2.17. The average molecular weight is 294 g/mol. The largest absolute Gasteiger partial charge is 0.478 e. The Hall–Kier alpha value is -1.36. The topological polar surface area (TPSA) is 75.3 Å². The molecule has 0 bridgehead atoms.